The van der Waals surface area contributed by atoms with Crippen molar-refractivity contribution < 1.29 is 0 Å². The fourth-order valence-corrected chi connectivity index (χ4v) is 3.59. The van der Waals surface area contributed by atoms with Crippen LogP contribution in [0.4, 0.5) is 0 Å². The van der Waals surface area contributed by atoms with Crippen LogP contribution in [0.5, 0.6) is 0 Å². The van der Waals surface area contributed by atoms with Gasteiger partial charge in [-0.25, -0.2) is 0 Å². The van der Waals surface area contributed by atoms with Gasteiger partial charge < -0.3 is 5.73 Å². The van der Waals surface area contributed by atoms with E-state index in [0.29, 0.717) is 12.4 Å². The Morgan fingerprint density at radius 1 is 1.17 bits per heavy atom. The number of aliphatic imine (C=N–C) groups is 1. The SMILES string of the molecule is C=N/C=C(/N)c1ccc(-c2cc(B(C)C)c(CC)cc2C(=C)C/C(C)=C\C)cc1. The van der Waals surface area contributed by atoms with Gasteiger partial charge in [0.2, 0.25) is 0 Å². The van der Waals surface area contributed by atoms with Crippen molar-refractivity contribution in [2.45, 2.75) is 47.3 Å². The summed E-state index contributed by atoms with van der Waals surface area (Å²) in [6.07, 6.45) is 5.64. The van der Waals surface area contributed by atoms with Crippen LogP contribution in [-0.2, 0) is 6.42 Å². The van der Waals surface area contributed by atoms with E-state index >= 15 is 0 Å². The Kier molecular flexibility index (Phi) is 7.84. The summed E-state index contributed by atoms with van der Waals surface area (Å²) in [5, 5.41) is 0. The Morgan fingerprint density at radius 2 is 1.83 bits per heavy atom. The Labute approximate surface area is 177 Å². The van der Waals surface area contributed by atoms with Gasteiger partial charge in [0, 0.05) is 6.20 Å². The largest absolute Gasteiger partial charge is 0.397 e. The first-order chi connectivity index (χ1) is 13.8. The molecule has 0 fully saturated rings. The second-order valence-corrected chi connectivity index (χ2v) is 7.86. The van der Waals surface area contributed by atoms with Crippen molar-refractivity contribution in [1.29, 1.82) is 0 Å². The van der Waals surface area contributed by atoms with E-state index in [1.165, 1.54) is 33.3 Å². The van der Waals surface area contributed by atoms with Crippen molar-refractivity contribution in [2.75, 3.05) is 0 Å². The van der Waals surface area contributed by atoms with Crippen LogP contribution in [0.1, 0.15) is 43.9 Å². The molecule has 0 aliphatic rings. The molecular weight excluding hydrogens is 351 g/mol. The molecule has 2 rings (SSSR count). The quantitative estimate of drug-likeness (QED) is 0.328. The van der Waals surface area contributed by atoms with Crippen molar-refractivity contribution in [3.05, 3.63) is 77.5 Å². The number of nitrogens with two attached hydrogens (primary N) is 1. The molecule has 0 radical (unpaired) electrons. The lowest BCUT2D eigenvalue weighted by Gasteiger charge is -2.19. The third kappa shape index (κ3) is 5.38. The van der Waals surface area contributed by atoms with Crippen LogP contribution >= 0.6 is 0 Å². The van der Waals surface area contributed by atoms with Gasteiger partial charge in [-0.2, -0.15) is 0 Å². The molecule has 0 saturated heterocycles. The average Bonchev–Trinajstić information content (AvgIpc) is 2.72. The van der Waals surface area contributed by atoms with Gasteiger partial charge >= 0.3 is 0 Å². The zero-order chi connectivity index (χ0) is 21.6. The molecule has 0 saturated carbocycles. The molecule has 0 aromatic heterocycles. The zero-order valence-electron chi connectivity index (χ0n) is 18.5. The first-order valence-corrected chi connectivity index (χ1v) is 10.3. The molecule has 2 aromatic rings. The van der Waals surface area contributed by atoms with E-state index in [1.54, 1.807) is 6.20 Å². The molecule has 0 atom stereocenters. The third-order valence-electron chi connectivity index (χ3n) is 5.41. The number of hydrogen-bond donors (Lipinski definition) is 1. The van der Waals surface area contributed by atoms with Gasteiger partial charge in [0.05, 0.1) is 5.70 Å². The highest BCUT2D eigenvalue weighted by Gasteiger charge is 2.16. The van der Waals surface area contributed by atoms with Gasteiger partial charge in [0.15, 0.2) is 6.71 Å². The predicted molar refractivity (Wildman–Crippen MR) is 133 cm³/mol. The van der Waals surface area contributed by atoms with Crippen LogP contribution in [0.25, 0.3) is 22.4 Å². The highest BCUT2D eigenvalue weighted by molar-refractivity contribution is 6.71. The second kappa shape index (κ2) is 10.1. The van der Waals surface area contributed by atoms with Gasteiger partial charge in [-0.1, -0.05) is 86.2 Å². The van der Waals surface area contributed by atoms with E-state index in [0.717, 1.165) is 24.0 Å². The smallest absolute Gasteiger partial charge is 0.169 e. The standard InChI is InChI=1S/C26H33BN2/c1-8-18(3)14-19(4)23-15-20(9-2)25(27(5)6)16-24(23)21-10-12-22(13-11-21)26(28)17-29-7/h8,10-13,15-17H,4,7,9,14,28H2,1-3,5-6H3/b18-8-,26-17+. The molecule has 2 aromatic carbocycles. The monoisotopic (exact) mass is 384 g/mol. The number of rotatable bonds is 8. The van der Waals surface area contributed by atoms with Crippen molar-refractivity contribution in [1.82, 2.24) is 0 Å². The summed E-state index contributed by atoms with van der Waals surface area (Å²) in [5.41, 5.74) is 16.5. The molecule has 2 N–H and O–H groups in total. The van der Waals surface area contributed by atoms with E-state index in [1.807, 2.05) is 12.1 Å². The number of benzene rings is 2. The molecule has 0 heterocycles. The summed E-state index contributed by atoms with van der Waals surface area (Å²) in [5.74, 6) is 0. The molecule has 0 unspecified atom stereocenters. The van der Waals surface area contributed by atoms with E-state index in [-0.39, 0.29) is 0 Å². The first kappa shape index (κ1) is 22.5. The lowest BCUT2D eigenvalue weighted by atomic mass is 9.48. The number of aryl methyl sites for hydroxylation is 1. The lowest BCUT2D eigenvalue weighted by molar-refractivity contribution is 1.14. The molecular formula is C26H33BN2. The Bertz CT molecular complexity index is 947. The first-order valence-electron chi connectivity index (χ1n) is 10.3. The van der Waals surface area contributed by atoms with Gasteiger partial charge in [-0.3, -0.25) is 4.99 Å². The zero-order valence-corrected chi connectivity index (χ0v) is 18.5. The number of allylic oxidation sites excluding steroid dienone is 3. The van der Waals surface area contributed by atoms with Crippen molar-refractivity contribution in [2.24, 2.45) is 10.7 Å². The molecule has 150 valence electrons. The minimum atomic E-state index is 0.472. The maximum Gasteiger partial charge on any atom is 0.169 e. The number of hydrogen-bond acceptors (Lipinski definition) is 2. The molecule has 0 bridgehead atoms. The topological polar surface area (TPSA) is 38.4 Å². The van der Waals surface area contributed by atoms with Gasteiger partial charge in [-0.05, 0) is 61.2 Å². The maximum absolute atomic E-state index is 6.05. The minimum absolute atomic E-state index is 0.472. The minimum Gasteiger partial charge on any atom is -0.397 e. The Morgan fingerprint density at radius 3 is 2.34 bits per heavy atom. The fraction of sp³-hybridized carbons (Fsp3) is 0.269. The van der Waals surface area contributed by atoms with Crippen LogP contribution in [-0.4, -0.2) is 13.4 Å². The summed E-state index contributed by atoms with van der Waals surface area (Å²) in [6, 6.07) is 13.0. The van der Waals surface area contributed by atoms with Gasteiger partial charge in [0.25, 0.3) is 0 Å². The Balaban J connectivity index is 2.64. The van der Waals surface area contributed by atoms with E-state index in [9.17, 15) is 0 Å². The third-order valence-corrected chi connectivity index (χ3v) is 5.41. The molecule has 0 spiro atoms. The predicted octanol–water partition coefficient (Wildman–Crippen LogP) is 6.20. The molecule has 29 heavy (non-hydrogen) atoms. The second-order valence-electron chi connectivity index (χ2n) is 7.86. The molecule has 0 amide bonds. The Hall–Kier alpha value is -2.81. The van der Waals surface area contributed by atoms with E-state index < -0.39 is 0 Å². The van der Waals surface area contributed by atoms with Crippen molar-refractivity contribution >= 4 is 30.2 Å². The van der Waals surface area contributed by atoms with E-state index in [2.05, 4.69) is 83.0 Å². The van der Waals surface area contributed by atoms with Crippen LogP contribution in [0.15, 0.2) is 65.8 Å². The summed E-state index contributed by atoms with van der Waals surface area (Å²) >= 11 is 0. The van der Waals surface area contributed by atoms with Crippen LogP contribution in [0, 0.1) is 0 Å². The summed E-state index contributed by atoms with van der Waals surface area (Å²) < 4.78 is 0. The van der Waals surface area contributed by atoms with Gasteiger partial charge in [-0.15, -0.1) is 0 Å². The summed E-state index contributed by atoms with van der Waals surface area (Å²) in [7, 11) is 0. The van der Waals surface area contributed by atoms with E-state index in [4.69, 9.17) is 5.73 Å². The molecule has 2 nitrogen and oxygen atoms in total. The van der Waals surface area contributed by atoms with Gasteiger partial charge in [0.1, 0.15) is 0 Å². The fourth-order valence-electron chi connectivity index (χ4n) is 3.59. The average molecular weight is 384 g/mol. The van der Waals surface area contributed by atoms with Crippen LogP contribution < -0.4 is 11.2 Å². The van der Waals surface area contributed by atoms with Crippen molar-refractivity contribution in [3.63, 3.8) is 0 Å². The maximum atomic E-state index is 6.05. The van der Waals surface area contributed by atoms with Crippen LogP contribution in [0.3, 0.4) is 0 Å². The molecule has 0 aliphatic heterocycles. The molecule has 0 aliphatic carbocycles. The summed E-state index contributed by atoms with van der Waals surface area (Å²) in [4.78, 5) is 3.76. The molecule has 3 heteroatoms. The normalized spacial score (nSPS) is 12.0. The summed E-state index contributed by atoms with van der Waals surface area (Å²) in [6.45, 7) is 19.4. The highest BCUT2D eigenvalue weighted by Crippen LogP contribution is 2.32. The highest BCUT2D eigenvalue weighted by atomic mass is 14.7. The van der Waals surface area contributed by atoms with Crippen LogP contribution in [0.2, 0.25) is 13.6 Å². The lowest BCUT2D eigenvalue weighted by Crippen LogP contribution is -2.27. The van der Waals surface area contributed by atoms with Crippen molar-refractivity contribution in [3.8, 4) is 11.1 Å². The number of nitrogens with zero attached hydrogens (tertiary/aromatic N) is 1.